The van der Waals surface area contributed by atoms with E-state index in [-0.39, 0.29) is 16.2 Å². The van der Waals surface area contributed by atoms with Crippen LogP contribution < -0.4 is 4.74 Å². The first kappa shape index (κ1) is 22.4. The van der Waals surface area contributed by atoms with Crippen molar-refractivity contribution in [2.45, 2.75) is 25.3 Å². The zero-order chi connectivity index (χ0) is 21.4. The van der Waals surface area contributed by atoms with E-state index in [4.69, 9.17) is 9.47 Å². The maximum absolute atomic E-state index is 12.3. The Kier molecular flexibility index (Phi) is 7.78. The highest BCUT2D eigenvalue weighted by Crippen LogP contribution is 2.18. The molecule has 0 fully saturated rings. The molecule has 0 atom stereocenters. The molecule has 29 heavy (non-hydrogen) atoms. The highest BCUT2D eigenvalue weighted by Gasteiger charge is 2.22. The van der Waals surface area contributed by atoms with Gasteiger partial charge in [-0.1, -0.05) is 31.2 Å². The van der Waals surface area contributed by atoms with Crippen LogP contribution in [0.25, 0.3) is 0 Å². The first-order chi connectivity index (χ1) is 13.8. The van der Waals surface area contributed by atoms with Crippen LogP contribution >= 0.6 is 0 Å². The average molecular weight is 419 g/mol. The predicted octanol–water partition coefficient (Wildman–Crippen LogP) is 2.69. The van der Waals surface area contributed by atoms with Crippen molar-refractivity contribution in [1.29, 1.82) is 0 Å². The smallest absolute Gasteiger partial charge is 0.339 e. The number of hydrogen-bond acceptors (Lipinski definition) is 6. The molecule has 0 spiro atoms. The Balaban J connectivity index is 1.97. The van der Waals surface area contributed by atoms with Gasteiger partial charge in [0.1, 0.15) is 5.75 Å². The second-order valence-electron chi connectivity index (χ2n) is 6.30. The molecule has 0 unspecified atom stereocenters. The topological polar surface area (TPSA) is 90.0 Å². The molecular formula is C21H25NO6S. The molecule has 1 amide bonds. The van der Waals surface area contributed by atoms with E-state index >= 15 is 0 Å². The number of carbonyl (C=O) groups excluding carboxylic acids is 2. The molecule has 156 valence electrons. The normalized spacial score (nSPS) is 11.0. The van der Waals surface area contributed by atoms with Gasteiger partial charge in [-0.15, -0.1) is 0 Å². The lowest BCUT2D eigenvalue weighted by Gasteiger charge is -2.18. The van der Waals surface area contributed by atoms with Gasteiger partial charge in [0.05, 0.1) is 22.8 Å². The highest BCUT2D eigenvalue weighted by molar-refractivity contribution is 7.91. The standard InChI is InChI=1S/C21H25NO6S/c1-4-27-17-12-10-16(11-13-17)14-22(3)20(23)15-28-21(24)18-8-6-7-9-19(18)29(25,26)5-2/h6-13H,4-5,14-15H2,1-3H3. The fourth-order valence-electron chi connectivity index (χ4n) is 2.60. The van der Waals surface area contributed by atoms with E-state index in [0.29, 0.717) is 13.2 Å². The fourth-order valence-corrected chi connectivity index (χ4v) is 3.68. The van der Waals surface area contributed by atoms with Gasteiger partial charge < -0.3 is 14.4 Å². The number of nitrogens with zero attached hydrogens (tertiary/aromatic N) is 1. The molecule has 2 aromatic carbocycles. The summed E-state index contributed by atoms with van der Waals surface area (Å²) in [5.41, 5.74) is 0.825. The second kappa shape index (κ2) is 10.1. The third kappa shape index (κ3) is 6.05. The molecule has 0 aliphatic heterocycles. The van der Waals surface area contributed by atoms with Crippen molar-refractivity contribution in [3.05, 3.63) is 59.7 Å². The minimum Gasteiger partial charge on any atom is -0.494 e. The number of carbonyl (C=O) groups is 2. The average Bonchev–Trinajstić information content (AvgIpc) is 2.73. The molecule has 0 N–H and O–H groups in total. The first-order valence-corrected chi connectivity index (χ1v) is 10.9. The molecule has 0 saturated heterocycles. The van der Waals surface area contributed by atoms with Gasteiger partial charge in [-0.05, 0) is 36.8 Å². The van der Waals surface area contributed by atoms with Gasteiger partial charge in [0, 0.05) is 13.6 Å². The minimum absolute atomic E-state index is 0.0729. The predicted molar refractivity (Wildman–Crippen MR) is 109 cm³/mol. The summed E-state index contributed by atoms with van der Waals surface area (Å²) in [6.07, 6.45) is 0. The summed E-state index contributed by atoms with van der Waals surface area (Å²) in [7, 11) is -1.98. The van der Waals surface area contributed by atoms with Crippen LogP contribution in [-0.4, -0.2) is 51.2 Å². The quantitative estimate of drug-likeness (QED) is 0.581. The highest BCUT2D eigenvalue weighted by atomic mass is 32.2. The largest absolute Gasteiger partial charge is 0.494 e. The number of ether oxygens (including phenoxy) is 2. The van der Waals surface area contributed by atoms with Crippen molar-refractivity contribution in [2.75, 3.05) is 26.0 Å². The van der Waals surface area contributed by atoms with Crippen LogP contribution in [0.15, 0.2) is 53.4 Å². The van der Waals surface area contributed by atoms with Gasteiger partial charge in [-0.3, -0.25) is 4.79 Å². The Morgan fingerprint density at radius 3 is 2.28 bits per heavy atom. The molecule has 0 saturated carbocycles. The molecule has 0 aliphatic carbocycles. The molecular weight excluding hydrogens is 394 g/mol. The maximum Gasteiger partial charge on any atom is 0.339 e. The van der Waals surface area contributed by atoms with Crippen LogP contribution in [0.5, 0.6) is 5.75 Å². The number of rotatable bonds is 9. The summed E-state index contributed by atoms with van der Waals surface area (Å²) in [4.78, 5) is 26.0. The third-order valence-electron chi connectivity index (χ3n) is 4.23. The Bertz CT molecular complexity index is 953. The summed E-state index contributed by atoms with van der Waals surface area (Å²) >= 11 is 0. The van der Waals surface area contributed by atoms with Gasteiger partial charge >= 0.3 is 5.97 Å². The molecule has 0 heterocycles. The Hall–Kier alpha value is -2.87. The SMILES string of the molecule is CCOc1ccc(CN(C)C(=O)COC(=O)c2ccccc2S(=O)(=O)CC)cc1. The number of hydrogen-bond donors (Lipinski definition) is 0. The van der Waals surface area contributed by atoms with E-state index in [1.54, 1.807) is 13.1 Å². The Morgan fingerprint density at radius 1 is 1.00 bits per heavy atom. The van der Waals surface area contributed by atoms with E-state index < -0.39 is 28.3 Å². The van der Waals surface area contributed by atoms with Crippen LogP contribution in [0.2, 0.25) is 0 Å². The Morgan fingerprint density at radius 2 is 1.66 bits per heavy atom. The number of sulfone groups is 1. The van der Waals surface area contributed by atoms with E-state index in [1.165, 1.54) is 30.0 Å². The fraction of sp³-hybridized carbons (Fsp3) is 0.333. The lowest BCUT2D eigenvalue weighted by molar-refractivity contribution is -0.133. The summed E-state index contributed by atoms with van der Waals surface area (Å²) in [6.45, 7) is 3.83. The molecule has 0 aliphatic rings. The third-order valence-corrected chi connectivity index (χ3v) is 6.01. The van der Waals surface area contributed by atoms with E-state index in [1.807, 2.05) is 31.2 Å². The van der Waals surface area contributed by atoms with Crippen LogP contribution in [0.1, 0.15) is 29.8 Å². The molecule has 8 heteroatoms. The van der Waals surface area contributed by atoms with Crippen LogP contribution in [0.4, 0.5) is 0 Å². The van der Waals surface area contributed by atoms with Gasteiger partial charge in [-0.25, -0.2) is 13.2 Å². The summed E-state index contributed by atoms with van der Waals surface area (Å²) in [5, 5.41) is 0. The minimum atomic E-state index is -3.58. The number of benzene rings is 2. The first-order valence-electron chi connectivity index (χ1n) is 9.23. The van der Waals surface area contributed by atoms with Gasteiger partial charge in [0.2, 0.25) is 0 Å². The zero-order valence-corrected chi connectivity index (χ0v) is 17.6. The van der Waals surface area contributed by atoms with Crippen molar-refractivity contribution >= 4 is 21.7 Å². The van der Waals surface area contributed by atoms with Crippen LogP contribution in [-0.2, 0) is 25.9 Å². The molecule has 0 aromatic heterocycles. The second-order valence-corrected chi connectivity index (χ2v) is 8.55. The van der Waals surface area contributed by atoms with Gasteiger partial charge in [0.25, 0.3) is 5.91 Å². The van der Waals surface area contributed by atoms with Crippen molar-refractivity contribution < 1.29 is 27.5 Å². The zero-order valence-electron chi connectivity index (χ0n) is 16.8. The van der Waals surface area contributed by atoms with Crippen LogP contribution in [0, 0.1) is 0 Å². The molecule has 2 rings (SSSR count). The lowest BCUT2D eigenvalue weighted by Crippen LogP contribution is -2.31. The van der Waals surface area contributed by atoms with E-state index in [0.717, 1.165) is 11.3 Å². The monoisotopic (exact) mass is 419 g/mol. The van der Waals surface area contributed by atoms with E-state index in [2.05, 4.69) is 0 Å². The van der Waals surface area contributed by atoms with Crippen molar-refractivity contribution in [1.82, 2.24) is 4.90 Å². The molecule has 2 aromatic rings. The summed E-state index contributed by atoms with van der Waals surface area (Å²) < 4.78 is 34.7. The Labute approximate surface area is 171 Å². The van der Waals surface area contributed by atoms with Crippen molar-refractivity contribution in [3.63, 3.8) is 0 Å². The molecule has 7 nitrogen and oxygen atoms in total. The summed E-state index contributed by atoms with van der Waals surface area (Å²) in [5.74, 6) is -0.635. The maximum atomic E-state index is 12.3. The van der Waals surface area contributed by atoms with Gasteiger partial charge in [-0.2, -0.15) is 0 Å². The molecule has 0 bridgehead atoms. The molecule has 0 radical (unpaired) electrons. The van der Waals surface area contributed by atoms with E-state index in [9.17, 15) is 18.0 Å². The lowest BCUT2D eigenvalue weighted by atomic mass is 10.2. The summed E-state index contributed by atoms with van der Waals surface area (Å²) in [6, 6.07) is 13.2. The van der Waals surface area contributed by atoms with Crippen molar-refractivity contribution in [2.24, 2.45) is 0 Å². The van der Waals surface area contributed by atoms with Gasteiger partial charge in [0.15, 0.2) is 16.4 Å². The number of esters is 1. The number of amides is 1. The van der Waals surface area contributed by atoms with Crippen LogP contribution in [0.3, 0.4) is 0 Å². The van der Waals surface area contributed by atoms with Crippen molar-refractivity contribution in [3.8, 4) is 5.75 Å². The number of likely N-dealkylation sites (N-methyl/N-ethyl adjacent to an activating group) is 1.